The smallest absolute Gasteiger partial charge is 0.262 e. The van der Waals surface area contributed by atoms with E-state index in [9.17, 15) is 13.2 Å². The van der Waals surface area contributed by atoms with Crippen molar-refractivity contribution in [2.75, 3.05) is 11.8 Å². The molecule has 0 fully saturated rings. The molecular weight excluding hydrogens is 416 g/mol. The molecule has 164 valence electrons. The highest BCUT2D eigenvalue weighted by molar-refractivity contribution is 7.92. The van der Waals surface area contributed by atoms with Crippen LogP contribution in [0.3, 0.4) is 0 Å². The van der Waals surface area contributed by atoms with Crippen LogP contribution in [0.5, 0.6) is 5.75 Å². The van der Waals surface area contributed by atoms with Crippen molar-refractivity contribution in [3.63, 3.8) is 0 Å². The average molecular weight is 443 g/mol. The number of nitrogens with zero attached hydrogens (tertiary/aromatic N) is 3. The van der Waals surface area contributed by atoms with Gasteiger partial charge in [0.05, 0.1) is 23.9 Å². The maximum atomic E-state index is 13.1. The molecule has 0 saturated carbocycles. The van der Waals surface area contributed by atoms with Gasteiger partial charge in [0.2, 0.25) is 0 Å². The van der Waals surface area contributed by atoms with E-state index >= 15 is 0 Å². The van der Waals surface area contributed by atoms with Crippen LogP contribution in [0.2, 0.25) is 0 Å². The van der Waals surface area contributed by atoms with Gasteiger partial charge in [-0.05, 0) is 50.2 Å². The average Bonchev–Trinajstić information content (AvgIpc) is 3.16. The van der Waals surface area contributed by atoms with Gasteiger partial charge in [-0.1, -0.05) is 12.1 Å². The van der Waals surface area contributed by atoms with Gasteiger partial charge in [-0.3, -0.25) is 14.2 Å². The summed E-state index contributed by atoms with van der Waals surface area (Å²) in [6, 6.07) is 12.6. The lowest BCUT2D eigenvalue weighted by Crippen LogP contribution is -2.36. The molecule has 1 amide bonds. The molecule has 0 aliphatic carbocycles. The number of methoxy groups -OCH3 is 1. The van der Waals surface area contributed by atoms with Crippen LogP contribution in [0.1, 0.15) is 29.8 Å². The van der Waals surface area contributed by atoms with Gasteiger partial charge in [-0.25, -0.2) is 8.42 Å². The predicted molar refractivity (Wildman–Crippen MR) is 118 cm³/mol. The molecule has 0 spiro atoms. The van der Waals surface area contributed by atoms with Gasteiger partial charge in [0, 0.05) is 37.0 Å². The first kappa shape index (κ1) is 22.4. The second-order valence-corrected chi connectivity index (χ2v) is 9.06. The molecule has 1 heterocycles. The Morgan fingerprint density at radius 2 is 1.84 bits per heavy atom. The quantitative estimate of drug-likeness (QED) is 0.578. The monoisotopic (exact) mass is 442 g/mol. The van der Waals surface area contributed by atoms with Crippen molar-refractivity contribution in [3.8, 4) is 5.75 Å². The fourth-order valence-electron chi connectivity index (χ4n) is 3.11. The van der Waals surface area contributed by atoms with Crippen molar-refractivity contribution >= 4 is 21.6 Å². The topological polar surface area (TPSA) is 93.5 Å². The van der Waals surface area contributed by atoms with Gasteiger partial charge in [0.25, 0.3) is 15.9 Å². The molecule has 0 atom stereocenters. The molecule has 8 nitrogen and oxygen atoms in total. The largest absolute Gasteiger partial charge is 0.495 e. The summed E-state index contributed by atoms with van der Waals surface area (Å²) < 4.78 is 34.9. The summed E-state index contributed by atoms with van der Waals surface area (Å²) in [5.41, 5.74) is 1.67. The summed E-state index contributed by atoms with van der Waals surface area (Å²) in [5.74, 6) is 0.237. The molecule has 3 rings (SSSR count). The van der Waals surface area contributed by atoms with Gasteiger partial charge >= 0.3 is 0 Å². The van der Waals surface area contributed by atoms with Gasteiger partial charge in [0.15, 0.2) is 0 Å². The molecule has 1 N–H and O–H groups in total. The van der Waals surface area contributed by atoms with Crippen LogP contribution >= 0.6 is 0 Å². The number of hydrogen-bond donors (Lipinski definition) is 1. The first-order chi connectivity index (χ1) is 14.7. The molecule has 3 aromatic rings. The number of para-hydroxylation sites is 2. The molecule has 0 aliphatic rings. The van der Waals surface area contributed by atoms with E-state index in [0.29, 0.717) is 23.5 Å². The van der Waals surface area contributed by atoms with E-state index in [1.54, 1.807) is 40.0 Å². The van der Waals surface area contributed by atoms with Crippen molar-refractivity contribution in [2.24, 2.45) is 7.05 Å². The normalized spacial score (nSPS) is 11.4. The summed E-state index contributed by atoms with van der Waals surface area (Å²) in [6.45, 7) is 4.29. The van der Waals surface area contributed by atoms with Crippen LogP contribution in [0, 0.1) is 0 Å². The zero-order valence-electron chi connectivity index (χ0n) is 17.9. The first-order valence-corrected chi connectivity index (χ1v) is 11.2. The SMILES string of the molecule is COc1ccccc1NS(=O)(=O)c1ccc(C(=O)N(Cc2cnn(C)c2)C(C)C)cc1. The fourth-order valence-corrected chi connectivity index (χ4v) is 4.18. The lowest BCUT2D eigenvalue weighted by Gasteiger charge is -2.26. The second-order valence-electron chi connectivity index (χ2n) is 7.38. The summed E-state index contributed by atoms with van der Waals surface area (Å²) in [6.07, 6.45) is 3.59. The minimum Gasteiger partial charge on any atom is -0.495 e. The van der Waals surface area contributed by atoms with E-state index in [4.69, 9.17) is 4.74 Å². The van der Waals surface area contributed by atoms with Gasteiger partial charge in [0.1, 0.15) is 5.75 Å². The zero-order valence-corrected chi connectivity index (χ0v) is 18.8. The van der Waals surface area contributed by atoms with E-state index in [1.165, 1.54) is 31.4 Å². The number of ether oxygens (including phenoxy) is 1. The van der Waals surface area contributed by atoms with Gasteiger partial charge in [-0.2, -0.15) is 5.10 Å². The highest BCUT2D eigenvalue weighted by Crippen LogP contribution is 2.26. The second kappa shape index (κ2) is 9.22. The molecule has 1 aromatic heterocycles. The van der Waals surface area contributed by atoms with E-state index in [2.05, 4.69) is 9.82 Å². The van der Waals surface area contributed by atoms with Crippen molar-refractivity contribution in [1.29, 1.82) is 0 Å². The van der Waals surface area contributed by atoms with Crippen LogP contribution in [-0.2, 0) is 23.6 Å². The molecule has 0 radical (unpaired) electrons. The Labute approximate surface area is 182 Å². The highest BCUT2D eigenvalue weighted by Gasteiger charge is 2.21. The molecule has 0 aliphatic heterocycles. The number of hydrogen-bond acceptors (Lipinski definition) is 5. The number of aromatic nitrogens is 2. The summed E-state index contributed by atoms with van der Waals surface area (Å²) in [7, 11) is -0.542. The van der Waals surface area contributed by atoms with Crippen molar-refractivity contribution in [1.82, 2.24) is 14.7 Å². The molecule has 9 heteroatoms. The van der Waals surface area contributed by atoms with E-state index in [-0.39, 0.29) is 16.8 Å². The minimum absolute atomic E-state index is 0.0386. The Hall–Kier alpha value is -3.33. The molecule has 0 unspecified atom stereocenters. The number of carbonyl (C=O) groups is 1. The standard InChI is InChI=1S/C22H26N4O4S/c1-16(2)26(15-17-13-23-25(3)14-17)22(27)18-9-11-19(12-10-18)31(28,29)24-20-7-5-6-8-21(20)30-4/h5-14,16,24H,15H2,1-4H3. The summed E-state index contributed by atoms with van der Waals surface area (Å²) in [5, 5.41) is 4.14. The molecule has 31 heavy (non-hydrogen) atoms. The van der Waals surface area contributed by atoms with Gasteiger partial charge in [-0.15, -0.1) is 0 Å². The number of aryl methyl sites for hydroxylation is 1. The van der Waals surface area contributed by atoms with E-state index in [1.807, 2.05) is 27.1 Å². The van der Waals surface area contributed by atoms with E-state index in [0.717, 1.165) is 5.56 Å². The number of rotatable bonds is 8. The molecule has 2 aromatic carbocycles. The third-order valence-electron chi connectivity index (χ3n) is 4.76. The number of amides is 1. The van der Waals surface area contributed by atoms with Crippen LogP contribution in [-0.4, -0.2) is 42.2 Å². The third kappa shape index (κ3) is 5.24. The van der Waals surface area contributed by atoms with Crippen LogP contribution in [0.15, 0.2) is 65.8 Å². The van der Waals surface area contributed by atoms with Gasteiger partial charge < -0.3 is 9.64 Å². The predicted octanol–water partition coefficient (Wildman–Crippen LogP) is 3.28. The Balaban J connectivity index is 1.79. The minimum atomic E-state index is -3.84. The lowest BCUT2D eigenvalue weighted by molar-refractivity contribution is 0.0690. The number of carbonyl (C=O) groups excluding carboxylic acids is 1. The number of benzene rings is 2. The number of anilines is 1. The lowest BCUT2D eigenvalue weighted by atomic mass is 10.1. The van der Waals surface area contributed by atoms with Crippen molar-refractivity contribution in [2.45, 2.75) is 31.3 Å². The Kier molecular flexibility index (Phi) is 6.65. The third-order valence-corrected chi connectivity index (χ3v) is 6.14. The van der Waals surface area contributed by atoms with Crippen LogP contribution < -0.4 is 9.46 Å². The fraction of sp³-hybridized carbons (Fsp3) is 0.273. The summed E-state index contributed by atoms with van der Waals surface area (Å²) >= 11 is 0. The number of sulfonamides is 1. The Morgan fingerprint density at radius 3 is 2.42 bits per heavy atom. The molecule has 0 bridgehead atoms. The first-order valence-electron chi connectivity index (χ1n) is 9.75. The van der Waals surface area contributed by atoms with Crippen LogP contribution in [0.4, 0.5) is 5.69 Å². The molecule has 0 saturated heterocycles. The molecular formula is C22H26N4O4S. The summed E-state index contributed by atoms with van der Waals surface area (Å²) in [4.78, 5) is 14.8. The Bertz CT molecular complexity index is 1150. The van der Waals surface area contributed by atoms with Crippen LogP contribution in [0.25, 0.3) is 0 Å². The maximum absolute atomic E-state index is 13.1. The van der Waals surface area contributed by atoms with Crippen molar-refractivity contribution in [3.05, 3.63) is 72.1 Å². The zero-order chi connectivity index (χ0) is 22.6. The van der Waals surface area contributed by atoms with E-state index < -0.39 is 10.0 Å². The highest BCUT2D eigenvalue weighted by atomic mass is 32.2. The Morgan fingerprint density at radius 1 is 1.16 bits per heavy atom. The van der Waals surface area contributed by atoms with Crippen molar-refractivity contribution < 1.29 is 17.9 Å². The maximum Gasteiger partial charge on any atom is 0.262 e. The number of nitrogens with one attached hydrogen (secondary N) is 1.